The number of rotatable bonds is 8. The highest BCUT2D eigenvalue weighted by atomic mass is 16.5. The highest BCUT2D eigenvalue weighted by Crippen LogP contribution is 2.33. The van der Waals surface area contributed by atoms with Gasteiger partial charge in [-0.1, -0.05) is 25.5 Å². The number of hydrogen-bond donors (Lipinski definition) is 2. The molecule has 37 heavy (non-hydrogen) atoms. The summed E-state index contributed by atoms with van der Waals surface area (Å²) in [6.07, 6.45) is 3.75. The summed E-state index contributed by atoms with van der Waals surface area (Å²) in [5.74, 6) is 2.31. The molecule has 3 unspecified atom stereocenters. The first-order valence-electron chi connectivity index (χ1n) is 13.5. The van der Waals surface area contributed by atoms with Crippen molar-refractivity contribution in [3.05, 3.63) is 53.7 Å². The highest BCUT2D eigenvalue weighted by molar-refractivity contribution is 6.12. The molecule has 2 N–H and O–H groups in total. The first kappa shape index (κ1) is 25.5. The molecule has 2 fully saturated rings. The van der Waals surface area contributed by atoms with Crippen molar-refractivity contribution < 1.29 is 9.53 Å². The van der Waals surface area contributed by atoms with Crippen LogP contribution in [0.5, 0.6) is 5.75 Å². The van der Waals surface area contributed by atoms with Crippen molar-refractivity contribution in [1.82, 2.24) is 25.5 Å². The van der Waals surface area contributed by atoms with Crippen LogP contribution in [0.2, 0.25) is 0 Å². The van der Waals surface area contributed by atoms with Crippen molar-refractivity contribution >= 4 is 17.6 Å². The Bertz CT molecular complexity index is 1130. The monoisotopic (exact) mass is 505 g/mol. The molecular formula is C28H39N7O2. The predicted molar refractivity (Wildman–Crippen MR) is 146 cm³/mol. The van der Waals surface area contributed by atoms with E-state index in [4.69, 9.17) is 9.84 Å². The summed E-state index contributed by atoms with van der Waals surface area (Å²) >= 11 is 0. The molecule has 198 valence electrons. The fourth-order valence-electron chi connectivity index (χ4n) is 5.86. The molecule has 2 saturated heterocycles. The molecule has 0 spiro atoms. The van der Waals surface area contributed by atoms with Crippen LogP contribution in [0.15, 0.2) is 47.7 Å². The lowest BCUT2D eigenvalue weighted by molar-refractivity contribution is -0.126. The van der Waals surface area contributed by atoms with Crippen molar-refractivity contribution in [2.45, 2.75) is 64.8 Å². The van der Waals surface area contributed by atoms with Gasteiger partial charge in [-0.3, -0.25) is 20.0 Å². The number of amides is 1. The summed E-state index contributed by atoms with van der Waals surface area (Å²) in [5.41, 5.74) is 1.64. The molecule has 0 aliphatic carbocycles. The molecule has 5 rings (SSSR count). The van der Waals surface area contributed by atoms with E-state index in [0.717, 1.165) is 62.7 Å². The van der Waals surface area contributed by atoms with E-state index in [0.29, 0.717) is 12.4 Å². The van der Waals surface area contributed by atoms with Gasteiger partial charge in [0.1, 0.15) is 23.3 Å². The van der Waals surface area contributed by atoms with Crippen molar-refractivity contribution in [2.24, 2.45) is 5.10 Å². The molecular weight excluding hydrogens is 466 g/mol. The number of piperazine rings is 1. The average molecular weight is 506 g/mol. The third-order valence-electron chi connectivity index (χ3n) is 7.59. The summed E-state index contributed by atoms with van der Waals surface area (Å²) in [6, 6.07) is 12.0. The molecule has 3 atom stereocenters. The maximum Gasteiger partial charge on any atom is 0.251 e. The maximum atomic E-state index is 13.2. The molecule has 1 amide bonds. The molecule has 3 aliphatic rings. The summed E-state index contributed by atoms with van der Waals surface area (Å²) < 4.78 is 5.97. The number of nitrogens with zero attached hydrogens (tertiary/aromatic N) is 5. The molecule has 0 radical (unpaired) electrons. The Hall–Kier alpha value is -3.17. The van der Waals surface area contributed by atoms with E-state index in [1.165, 1.54) is 5.56 Å². The van der Waals surface area contributed by atoms with Crippen molar-refractivity contribution in [3.63, 3.8) is 0 Å². The minimum atomic E-state index is -0.363. The van der Waals surface area contributed by atoms with Crippen LogP contribution in [0.25, 0.3) is 0 Å². The number of amidine groups is 1. The number of aromatic nitrogens is 1. The van der Waals surface area contributed by atoms with E-state index in [1.54, 1.807) is 0 Å². The topological polar surface area (TPSA) is 85.3 Å². The van der Waals surface area contributed by atoms with Crippen molar-refractivity contribution in [2.75, 3.05) is 37.7 Å². The zero-order valence-electron chi connectivity index (χ0n) is 22.4. The second-order valence-electron chi connectivity index (χ2n) is 10.4. The smallest absolute Gasteiger partial charge is 0.251 e. The van der Waals surface area contributed by atoms with Gasteiger partial charge in [-0.25, -0.2) is 4.98 Å². The van der Waals surface area contributed by atoms with Crippen LogP contribution in [0.4, 0.5) is 5.82 Å². The van der Waals surface area contributed by atoms with Crippen LogP contribution in [0.1, 0.15) is 51.7 Å². The van der Waals surface area contributed by atoms with Gasteiger partial charge in [0.2, 0.25) is 0 Å². The predicted octanol–water partition coefficient (Wildman–Crippen LogP) is 2.77. The Labute approximate surface area is 219 Å². The molecule has 0 bridgehead atoms. The van der Waals surface area contributed by atoms with Crippen LogP contribution in [0.3, 0.4) is 0 Å². The lowest BCUT2D eigenvalue weighted by Gasteiger charge is -2.38. The van der Waals surface area contributed by atoms with Gasteiger partial charge in [0, 0.05) is 45.0 Å². The van der Waals surface area contributed by atoms with Gasteiger partial charge in [-0.05, 0) is 57.0 Å². The lowest BCUT2D eigenvalue weighted by atomic mass is 10.0. The number of pyridine rings is 1. The Balaban J connectivity index is 1.37. The number of hydrazone groups is 1. The number of fused-ring (bicyclic) bond motifs is 1. The first-order chi connectivity index (χ1) is 17.9. The van der Waals surface area contributed by atoms with Crippen LogP contribution in [-0.2, 0) is 11.3 Å². The fourth-order valence-corrected chi connectivity index (χ4v) is 5.86. The van der Waals surface area contributed by atoms with Gasteiger partial charge in [-0.15, -0.1) is 0 Å². The molecule has 9 nitrogen and oxygen atoms in total. The molecule has 2 aromatic rings. The van der Waals surface area contributed by atoms with Gasteiger partial charge in [0.25, 0.3) is 5.91 Å². The highest BCUT2D eigenvalue weighted by Gasteiger charge is 2.51. The number of hydrogen-bond acceptors (Lipinski definition) is 8. The minimum Gasteiger partial charge on any atom is -0.493 e. The number of anilines is 1. The number of carbonyl (C=O) groups excluding carboxylic acids is 1. The summed E-state index contributed by atoms with van der Waals surface area (Å²) in [6.45, 7) is 13.5. The van der Waals surface area contributed by atoms with Gasteiger partial charge < -0.3 is 15.0 Å². The van der Waals surface area contributed by atoms with Crippen LogP contribution >= 0.6 is 0 Å². The van der Waals surface area contributed by atoms with E-state index in [2.05, 4.69) is 64.4 Å². The van der Waals surface area contributed by atoms with Gasteiger partial charge in [0.15, 0.2) is 5.84 Å². The third kappa shape index (κ3) is 5.15. The van der Waals surface area contributed by atoms with Gasteiger partial charge in [0.05, 0.1) is 12.2 Å². The number of nitrogens with one attached hydrogen (secondary N) is 2. The molecule has 9 heteroatoms. The third-order valence-corrected chi connectivity index (χ3v) is 7.59. The fraction of sp³-hybridized carbons (Fsp3) is 0.536. The molecule has 0 saturated carbocycles. The lowest BCUT2D eigenvalue weighted by Crippen LogP contribution is -2.56. The molecule has 1 aromatic heterocycles. The quantitative estimate of drug-likeness (QED) is 0.571. The minimum absolute atomic E-state index is 0.0179. The Kier molecular flexibility index (Phi) is 7.35. The van der Waals surface area contributed by atoms with Crippen molar-refractivity contribution in [3.8, 4) is 5.75 Å². The van der Waals surface area contributed by atoms with Crippen LogP contribution < -0.4 is 20.3 Å². The average Bonchev–Trinajstić information content (AvgIpc) is 3.16. The second-order valence-corrected chi connectivity index (χ2v) is 10.4. The van der Waals surface area contributed by atoms with Gasteiger partial charge >= 0.3 is 0 Å². The zero-order valence-corrected chi connectivity index (χ0v) is 22.4. The van der Waals surface area contributed by atoms with E-state index in [1.807, 2.05) is 36.3 Å². The first-order valence-corrected chi connectivity index (χ1v) is 13.5. The Morgan fingerprint density at radius 1 is 1.14 bits per heavy atom. The number of benzene rings is 1. The van der Waals surface area contributed by atoms with Gasteiger partial charge in [-0.2, -0.15) is 5.10 Å². The van der Waals surface area contributed by atoms with Crippen LogP contribution in [0, 0.1) is 0 Å². The van der Waals surface area contributed by atoms with Crippen LogP contribution in [-0.4, -0.2) is 77.2 Å². The van der Waals surface area contributed by atoms with E-state index in [-0.39, 0.29) is 23.7 Å². The standard InChI is InChI=1S/C28H39N7O2/c1-5-12-28(4)31-20(3)25-27(36)30-26(32-35(25)28)22-18-21(10-11-23(22)37-6-2)19-33-14-16-34(17-15-33)24-9-7-8-13-29-24/h7-11,13,18,20,25,31H,5-6,12,14-17,19H2,1-4H3,(H,30,32,36). The molecule has 3 aliphatic heterocycles. The zero-order chi connectivity index (χ0) is 26.0. The molecule has 1 aromatic carbocycles. The largest absolute Gasteiger partial charge is 0.493 e. The van der Waals surface area contributed by atoms with E-state index < -0.39 is 0 Å². The maximum absolute atomic E-state index is 13.2. The SMILES string of the molecule is CCCC1(C)NC(C)C2C(=O)NC(c3cc(CN4CCN(c5ccccn5)CC4)ccc3OCC)=NN21. The Morgan fingerprint density at radius 2 is 1.95 bits per heavy atom. The summed E-state index contributed by atoms with van der Waals surface area (Å²) in [5, 5.41) is 13.7. The normalized spacial score (nSPS) is 26.1. The van der Waals surface area contributed by atoms with E-state index in [9.17, 15) is 4.79 Å². The Morgan fingerprint density at radius 3 is 2.65 bits per heavy atom. The van der Waals surface area contributed by atoms with Crippen molar-refractivity contribution in [1.29, 1.82) is 0 Å². The number of ether oxygens (including phenoxy) is 1. The number of carbonyl (C=O) groups is 1. The van der Waals surface area contributed by atoms with E-state index >= 15 is 0 Å². The summed E-state index contributed by atoms with van der Waals surface area (Å²) in [4.78, 5) is 22.5. The molecule has 4 heterocycles. The second kappa shape index (κ2) is 10.7. The summed E-state index contributed by atoms with van der Waals surface area (Å²) in [7, 11) is 0.